The van der Waals surface area contributed by atoms with Gasteiger partial charge in [0, 0.05) is 36.2 Å². The second-order valence-electron chi connectivity index (χ2n) is 5.37. The van der Waals surface area contributed by atoms with Gasteiger partial charge < -0.3 is 20.3 Å². The summed E-state index contributed by atoms with van der Waals surface area (Å²) in [6.45, 7) is 3.65. The third-order valence-corrected chi connectivity index (χ3v) is 4.05. The zero-order valence-corrected chi connectivity index (χ0v) is 14.3. The van der Waals surface area contributed by atoms with Gasteiger partial charge >= 0.3 is 6.03 Å². The molecule has 0 bridgehead atoms. The molecular formula is C15H19Cl2N3O3. The molecule has 6 nitrogen and oxygen atoms in total. The number of carbonyl (C=O) groups excluding carboxylic acids is 2. The van der Waals surface area contributed by atoms with E-state index in [0.29, 0.717) is 48.4 Å². The van der Waals surface area contributed by atoms with Crippen molar-refractivity contribution >= 4 is 35.1 Å². The Bertz CT molecular complexity index is 577. The Hall–Kier alpha value is -1.66. The molecule has 2 rings (SSSR count). The van der Waals surface area contributed by atoms with Crippen LogP contribution in [0.1, 0.15) is 13.3 Å². The number of halogens is 2. The minimum atomic E-state index is -0.676. The molecule has 0 aliphatic carbocycles. The van der Waals surface area contributed by atoms with Gasteiger partial charge in [-0.25, -0.2) is 4.79 Å². The lowest BCUT2D eigenvalue weighted by atomic mass is 10.3. The summed E-state index contributed by atoms with van der Waals surface area (Å²) in [5.41, 5.74) is 5.28. The Labute approximate surface area is 145 Å². The molecule has 1 aromatic carbocycles. The predicted molar refractivity (Wildman–Crippen MR) is 88.9 cm³/mol. The molecule has 1 saturated heterocycles. The molecule has 0 saturated carbocycles. The second-order valence-corrected chi connectivity index (χ2v) is 6.24. The van der Waals surface area contributed by atoms with Gasteiger partial charge in [-0.15, -0.1) is 0 Å². The summed E-state index contributed by atoms with van der Waals surface area (Å²) in [6.07, 6.45) is 0.00867. The zero-order chi connectivity index (χ0) is 17.0. The van der Waals surface area contributed by atoms with Gasteiger partial charge in [0.2, 0.25) is 0 Å². The van der Waals surface area contributed by atoms with E-state index in [9.17, 15) is 9.59 Å². The fourth-order valence-corrected chi connectivity index (χ4v) is 2.97. The maximum absolute atomic E-state index is 12.5. The normalized spacial score (nSPS) is 16.7. The van der Waals surface area contributed by atoms with E-state index in [-0.39, 0.29) is 5.91 Å². The average Bonchev–Trinajstić information content (AvgIpc) is 2.71. The van der Waals surface area contributed by atoms with Crippen LogP contribution in [0.4, 0.5) is 4.79 Å². The molecule has 23 heavy (non-hydrogen) atoms. The Morgan fingerprint density at radius 3 is 2.26 bits per heavy atom. The molecule has 1 fully saturated rings. The summed E-state index contributed by atoms with van der Waals surface area (Å²) in [7, 11) is 0. The third kappa shape index (κ3) is 4.91. The van der Waals surface area contributed by atoms with Crippen LogP contribution in [0.5, 0.6) is 5.75 Å². The van der Waals surface area contributed by atoms with Gasteiger partial charge in [0.05, 0.1) is 0 Å². The van der Waals surface area contributed by atoms with E-state index in [4.69, 9.17) is 33.7 Å². The van der Waals surface area contributed by atoms with Crippen molar-refractivity contribution < 1.29 is 14.3 Å². The van der Waals surface area contributed by atoms with Gasteiger partial charge in [0.15, 0.2) is 6.10 Å². The highest BCUT2D eigenvalue weighted by Gasteiger charge is 2.25. The van der Waals surface area contributed by atoms with E-state index in [2.05, 4.69) is 0 Å². The van der Waals surface area contributed by atoms with Crippen LogP contribution in [0.3, 0.4) is 0 Å². The van der Waals surface area contributed by atoms with E-state index in [1.54, 1.807) is 30.0 Å². The van der Waals surface area contributed by atoms with Crippen molar-refractivity contribution in [2.45, 2.75) is 19.4 Å². The SMILES string of the molecule is CC(Oc1cc(Cl)cc(Cl)c1)C(=O)N1CCCN(C(N)=O)CC1. The molecule has 2 N–H and O–H groups in total. The summed E-state index contributed by atoms with van der Waals surface area (Å²) in [5.74, 6) is 0.296. The number of carbonyl (C=O) groups is 2. The Balaban J connectivity index is 1.97. The summed E-state index contributed by atoms with van der Waals surface area (Å²) in [5, 5.41) is 0.887. The van der Waals surface area contributed by atoms with Crippen molar-refractivity contribution in [2.24, 2.45) is 5.73 Å². The fourth-order valence-electron chi connectivity index (χ4n) is 2.47. The van der Waals surface area contributed by atoms with Crippen LogP contribution in [-0.4, -0.2) is 54.0 Å². The number of hydrogen-bond donors (Lipinski definition) is 1. The number of urea groups is 1. The van der Waals surface area contributed by atoms with Crippen molar-refractivity contribution in [2.75, 3.05) is 26.2 Å². The minimum absolute atomic E-state index is 0.146. The molecule has 1 atom stereocenters. The summed E-state index contributed by atoms with van der Waals surface area (Å²) < 4.78 is 5.64. The van der Waals surface area contributed by atoms with Crippen LogP contribution in [0.2, 0.25) is 10.0 Å². The van der Waals surface area contributed by atoms with Crippen LogP contribution >= 0.6 is 23.2 Å². The van der Waals surface area contributed by atoms with E-state index in [1.807, 2.05) is 0 Å². The van der Waals surface area contributed by atoms with Crippen molar-refractivity contribution in [1.29, 1.82) is 0 Å². The molecule has 1 heterocycles. The number of primary amides is 1. The molecule has 1 unspecified atom stereocenters. The standard InChI is InChI=1S/C15H19Cl2N3O3/c1-10(23-13-8-11(16)7-12(17)9-13)14(21)19-3-2-4-20(6-5-19)15(18)22/h7-10H,2-6H2,1H3,(H2,18,22). The Morgan fingerprint density at radius 2 is 1.65 bits per heavy atom. The van der Waals surface area contributed by atoms with E-state index < -0.39 is 12.1 Å². The van der Waals surface area contributed by atoms with Crippen LogP contribution < -0.4 is 10.5 Å². The first-order chi connectivity index (χ1) is 10.9. The van der Waals surface area contributed by atoms with Crippen molar-refractivity contribution in [1.82, 2.24) is 9.80 Å². The average molecular weight is 360 g/mol. The third-order valence-electron chi connectivity index (χ3n) is 3.62. The van der Waals surface area contributed by atoms with E-state index >= 15 is 0 Å². The molecule has 126 valence electrons. The maximum Gasteiger partial charge on any atom is 0.314 e. The molecular weight excluding hydrogens is 341 g/mol. The van der Waals surface area contributed by atoms with Gasteiger partial charge in [0.25, 0.3) is 5.91 Å². The van der Waals surface area contributed by atoms with Crippen molar-refractivity contribution in [3.05, 3.63) is 28.2 Å². The van der Waals surface area contributed by atoms with Gasteiger partial charge in [-0.2, -0.15) is 0 Å². The Morgan fingerprint density at radius 1 is 1.09 bits per heavy atom. The first-order valence-electron chi connectivity index (χ1n) is 7.32. The van der Waals surface area contributed by atoms with Gasteiger partial charge in [-0.3, -0.25) is 4.79 Å². The molecule has 1 aromatic rings. The quantitative estimate of drug-likeness (QED) is 0.899. The minimum Gasteiger partial charge on any atom is -0.481 e. The number of ether oxygens (including phenoxy) is 1. The Kier molecular flexibility index (Phi) is 5.96. The monoisotopic (exact) mass is 359 g/mol. The van der Waals surface area contributed by atoms with Gasteiger partial charge in [-0.1, -0.05) is 23.2 Å². The largest absolute Gasteiger partial charge is 0.481 e. The van der Waals surface area contributed by atoms with Gasteiger partial charge in [-0.05, 0) is 31.5 Å². The first kappa shape index (κ1) is 17.7. The van der Waals surface area contributed by atoms with Crippen molar-refractivity contribution in [3.8, 4) is 5.75 Å². The number of nitrogens with zero attached hydrogens (tertiary/aromatic N) is 2. The summed E-state index contributed by atoms with van der Waals surface area (Å²) in [4.78, 5) is 26.9. The lowest BCUT2D eigenvalue weighted by Gasteiger charge is -2.25. The molecule has 1 aliphatic heterocycles. The number of benzene rings is 1. The highest BCUT2D eigenvalue weighted by molar-refractivity contribution is 6.34. The smallest absolute Gasteiger partial charge is 0.314 e. The van der Waals surface area contributed by atoms with Crippen LogP contribution in [-0.2, 0) is 4.79 Å². The molecule has 3 amide bonds. The molecule has 8 heteroatoms. The summed E-state index contributed by atoms with van der Waals surface area (Å²) in [6, 6.07) is 4.34. The maximum atomic E-state index is 12.5. The highest BCUT2D eigenvalue weighted by atomic mass is 35.5. The van der Waals surface area contributed by atoms with Crippen LogP contribution in [0.25, 0.3) is 0 Å². The fraction of sp³-hybridized carbons (Fsp3) is 0.467. The van der Waals surface area contributed by atoms with Crippen molar-refractivity contribution in [3.63, 3.8) is 0 Å². The van der Waals surface area contributed by atoms with Crippen LogP contribution in [0, 0.1) is 0 Å². The number of amides is 3. The topological polar surface area (TPSA) is 75.9 Å². The molecule has 0 radical (unpaired) electrons. The molecule has 0 aromatic heterocycles. The summed E-state index contributed by atoms with van der Waals surface area (Å²) >= 11 is 11.8. The van der Waals surface area contributed by atoms with E-state index in [1.165, 1.54) is 4.90 Å². The predicted octanol–water partition coefficient (Wildman–Crippen LogP) is 2.37. The lowest BCUT2D eigenvalue weighted by Crippen LogP contribution is -2.43. The highest BCUT2D eigenvalue weighted by Crippen LogP contribution is 2.25. The van der Waals surface area contributed by atoms with Crippen LogP contribution in [0.15, 0.2) is 18.2 Å². The first-order valence-corrected chi connectivity index (χ1v) is 8.08. The lowest BCUT2D eigenvalue weighted by molar-refractivity contribution is -0.137. The van der Waals surface area contributed by atoms with E-state index in [0.717, 1.165) is 0 Å². The van der Waals surface area contributed by atoms with Gasteiger partial charge in [0.1, 0.15) is 5.75 Å². The zero-order valence-electron chi connectivity index (χ0n) is 12.8. The number of nitrogens with two attached hydrogens (primary N) is 1. The number of rotatable bonds is 3. The molecule has 0 spiro atoms. The number of hydrogen-bond acceptors (Lipinski definition) is 3. The molecule has 1 aliphatic rings. The second kappa shape index (κ2) is 7.75.